The first-order chi connectivity index (χ1) is 10.4. The quantitative estimate of drug-likeness (QED) is 0.734. The summed E-state index contributed by atoms with van der Waals surface area (Å²) in [5.74, 6) is -0.740. The van der Waals surface area contributed by atoms with E-state index in [-0.39, 0.29) is 30.2 Å². The average molecular weight is 389 g/mol. The SMILES string of the molecule is C[C@@H]1CCC[C@@H](C)N1C(=O)COC(=O)c1cc(Br)ccc1Cl. The zero-order valence-corrected chi connectivity index (χ0v) is 15.0. The van der Waals surface area contributed by atoms with E-state index in [4.69, 9.17) is 16.3 Å². The Labute approximate surface area is 143 Å². The largest absolute Gasteiger partial charge is 0.452 e. The number of amides is 1. The molecule has 0 saturated carbocycles. The van der Waals surface area contributed by atoms with E-state index < -0.39 is 5.97 Å². The van der Waals surface area contributed by atoms with Gasteiger partial charge in [0, 0.05) is 16.6 Å². The predicted octanol–water partition coefficient (Wildman–Crippen LogP) is 4.05. The molecule has 0 bridgehead atoms. The van der Waals surface area contributed by atoms with Crippen molar-refractivity contribution in [3.05, 3.63) is 33.3 Å². The van der Waals surface area contributed by atoms with Gasteiger partial charge in [-0.05, 0) is 51.3 Å². The molecule has 2 atom stereocenters. The molecule has 0 N–H and O–H groups in total. The van der Waals surface area contributed by atoms with Gasteiger partial charge < -0.3 is 9.64 Å². The summed E-state index contributed by atoms with van der Waals surface area (Å²) in [6, 6.07) is 5.30. The molecule has 22 heavy (non-hydrogen) atoms. The number of benzene rings is 1. The zero-order valence-electron chi connectivity index (χ0n) is 12.6. The van der Waals surface area contributed by atoms with Gasteiger partial charge in [0.1, 0.15) is 0 Å². The lowest BCUT2D eigenvalue weighted by molar-refractivity contribution is -0.140. The van der Waals surface area contributed by atoms with E-state index >= 15 is 0 Å². The third-order valence-corrected chi connectivity index (χ3v) is 4.78. The van der Waals surface area contributed by atoms with Crippen LogP contribution in [-0.2, 0) is 9.53 Å². The molecule has 1 heterocycles. The number of halogens is 2. The Bertz CT molecular complexity index is 569. The standard InChI is InChI=1S/C16H19BrClNO3/c1-10-4-3-5-11(2)19(10)15(20)9-22-16(21)13-8-12(17)6-7-14(13)18/h6-8,10-11H,3-5,9H2,1-2H3/t10-,11-/m1/s1. The van der Waals surface area contributed by atoms with E-state index in [1.54, 1.807) is 18.2 Å². The van der Waals surface area contributed by atoms with Gasteiger partial charge >= 0.3 is 5.97 Å². The summed E-state index contributed by atoms with van der Waals surface area (Å²) in [5.41, 5.74) is 0.253. The Hall–Kier alpha value is -1.07. The summed E-state index contributed by atoms with van der Waals surface area (Å²) >= 11 is 9.27. The highest BCUT2D eigenvalue weighted by atomic mass is 79.9. The van der Waals surface area contributed by atoms with Gasteiger partial charge in [-0.25, -0.2) is 4.79 Å². The molecule has 1 amide bonds. The summed E-state index contributed by atoms with van der Waals surface area (Å²) in [4.78, 5) is 26.2. The second-order valence-corrected chi connectivity index (χ2v) is 6.95. The molecule has 1 aliphatic heterocycles. The summed E-state index contributed by atoms with van der Waals surface area (Å²) in [7, 11) is 0. The summed E-state index contributed by atoms with van der Waals surface area (Å²) in [6.07, 6.45) is 3.10. The van der Waals surface area contributed by atoms with Crippen LogP contribution in [0.25, 0.3) is 0 Å². The van der Waals surface area contributed by atoms with Gasteiger partial charge in [-0.3, -0.25) is 4.79 Å². The van der Waals surface area contributed by atoms with Crippen molar-refractivity contribution in [1.82, 2.24) is 4.90 Å². The van der Waals surface area contributed by atoms with Crippen LogP contribution >= 0.6 is 27.5 Å². The minimum Gasteiger partial charge on any atom is -0.452 e. The highest BCUT2D eigenvalue weighted by Crippen LogP contribution is 2.24. The number of piperidine rings is 1. The molecule has 0 radical (unpaired) electrons. The Balaban J connectivity index is 1.98. The number of hydrogen-bond donors (Lipinski definition) is 0. The number of nitrogens with zero attached hydrogens (tertiary/aromatic N) is 1. The third kappa shape index (κ3) is 4.02. The summed E-state index contributed by atoms with van der Waals surface area (Å²) in [6.45, 7) is 3.80. The van der Waals surface area contributed by atoms with Crippen LogP contribution < -0.4 is 0 Å². The molecular formula is C16H19BrClNO3. The average Bonchev–Trinajstić information content (AvgIpc) is 2.47. The van der Waals surface area contributed by atoms with Crippen molar-refractivity contribution in [3.8, 4) is 0 Å². The topological polar surface area (TPSA) is 46.6 Å². The maximum Gasteiger partial charge on any atom is 0.340 e. The number of rotatable bonds is 3. The Kier molecular flexibility index (Phi) is 5.87. The zero-order chi connectivity index (χ0) is 16.3. The smallest absolute Gasteiger partial charge is 0.340 e. The van der Waals surface area contributed by atoms with Crippen molar-refractivity contribution in [1.29, 1.82) is 0 Å². The molecule has 2 rings (SSSR count). The molecule has 1 fully saturated rings. The van der Waals surface area contributed by atoms with Crippen molar-refractivity contribution >= 4 is 39.4 Å². The van der Waals surface area contributed by atoms with Crippen LogP contribution in [0.15, 0.2) is 22.7 Å². The molecule has 1 aliphatic rings. The van der Waals surface area contributed by atoms with E-state index in [0.717, 1.165) is 23.7 Å². The van der Waals surface area contributed by atoms with Gasteiger partial charge in [-0.1, -0.05) is 27.5 Å². The Morgan fingerprint density at radius 1 is 1.32 bits per heavy atom. The fraction of sp³-hybridized carbons (Fsp3) is 0.500. The molecule has 0 spiro atoms. The van der Waals surface area contributed by atoms with Crippen molar-refractivity contribution in [2.24, 2.45) is 0 Å². The highest BCUT2D eigenvalue weighted by Gasteiger charge is 2.29. The predicted molar refractivity (Wildman–Crippen MR) is 89.1 cm³/mol. The van der Waals surface area contributed by atoms with Crippen LogP contribution in [0.2, 0.25) is 5.02 Å². The second-order valence-electron chi connectivity index (χ2n) is 5.63. The lowest BCUT2D eigenvalue weighted by Crippen LogP contribution is -2.49. The Morgan fingerprint density at radius 3 is 2.59 bits per heavy atom. The molecule has 6 heteroatoms. The van der Waals surface area contributed by atoms with Crippen LogP contribution in [0, 0.1) is 0 Å². The minimum atomic E-state index is -0.586. The molecule has 4 nitrogen and oxygen atoms in total. The van der Waals surface area contributed by atoms with Gasteiger partial charge in [-0.15, -0.1) is 0 Å². The Morgan fingerprint density at radius 2 is 1.95 bits per heavy atom. The highest BCUT2D eigenvalue weighted by molar-refractivity contribution is 9.10. The van der Waals surface area contributed by atoms with Gasteiger partial charge in [0.2, 0.25) is 0 Å². The first kappa shape index (κ1) is 17.3. The monoisotopic (exact) mass is 387 g/mol. The molecule has 1 aromatic rings. The number of hydrogen-bond acceptors (Lipinski definition) is 3. The van der Waals surface area contributed by atoms with Crippen molar-refractivity contribution in [2.45, 2.75) is 45.2 Å². The van der Waals surface area contributed by atoms with E-state index in [1.165, 1.54) is 0 Å². The number of carbonyl (C=O) groups excluding carboxylic acids is 2. The number of likely N-dealkylation sites (tertiary alicyclic amines) is 1. The molecular weight excluding hydrogens is 370 g/mol. The van der Waals surface area contributed by atoms with Crippen LogP contribution in [0.3, 0.4) is 0 Å². The van der Waals surface area contributed by atoms with Crippen LogP contribution in [0.4, 0.5) is 0 Å². The number of carbonyl (C=O) groups is 2. The lowest BCUT2D eigenvalue weighted by atomic mass is 9.97. The normalized spacial score (nSPS) is 21.5. The fourth-order valence-corrected chi connectivity index (χ4v) is 3.40. The number of esters is 1. The lowest BCUT2D eigenvalue weighted by Gasteiger charge is -2.38. The van der Waals surface area contributed by atoms with Crippen molar-refractivity contribution in [2.75, 3.05) is 6.61 Å². The van der Waals surface area contributed by atoms with Gasteiger partial charge in [0.05, 0.1) is 10.6 Å². The maximum atomic E-state index is 12.3. The van der Waals surface area contributed by atoms with Crippen LogP contribution in [0.5, 0.6) is 0 Å². The maximum absolute atomic E-state index is 12.3. The van der Waals surface area contributed by atoms with Crippen LogP contribution in [0.1, 0.15) is 43.5 Å². The van der Waals surface area contributed by atoms with Crippen molar-refractivity contribution < 1.29 is 14.3 Å². The van der Waals surface area contributed by atoms with Gasteiger partial charge in [-0.2, -0.15) is 0 Å². The summed E-state index contributed by atoms with van der Waals surface area (Å²) in [5, 5.41) is 0.306. The van der Waals surface area contributed by atoms with Crippen molar-refractivity contribution in [3.63, 3.8) is 0 Å². The molecule has 120 valence electrons. The minimum absolute atomic E-state index is 0.154. The summed E-state index contributed by atoms with van der Waals surface area (Å²) < 4.78 is 5.87. The molecule has 1 saturated heterocycles. The van der Waals surface area contributed by atoms with E-state index in [0.29, 0.717) is 5.02 Å². The fourth-order valence-electron chi connectivity index (χ4n) is 2.85. The second kappa shape index (κ2) is 7.47. The van der Waals surface area contributed by atoms with E-state index in [1.807, 2.05) is 18.7 Å². The molecule has 0 aromatic heterocycles. The van der Waals surface area contributed by atoms with Gasteiger partial charge in [0.15, 0.2) is 6.61 Å². The third-order valence-electron chi connectivity index (χ3n) is 3.96. The van der Waals surface area contributed by atoms with E-state index in [9.17, 15) is 9.59 Å². The van der Waals surface area contributed by atoms with E-state index in [2.05, 4.69) is 15.9 Å². The molecule has 1 aromatic carbocycles. The van der Waals surface area contributed by atoms with Crippen LogP contribution in [-0.4, -0.2) is 35.5 Å². The molecule has 0 aliphatic carbocycles. The first-order valence-electron chi connectivity index (χ1n) is 7.33. The molecule has 0 unspecified atom stereocenters. The number of ether oxygens (including phenoxy) is 1. The van der Waals surface area contributed by atoms with Gasteiger partial charge in [0.25, 0.3) is 5.91 Å². The first-order valence-corrected chi connectivity index (χ1v) is 8.50.